The van der Waals surface area contributed by atoms with Crippen molar-refractivity contribution in [1.82, 2.24) is 0 Å². The third kappa shape index (κ3) is 7.40. The molecule has 1 aromatic rings. The predicted octanol–water partition coefficient (Wildman–Crippen LogP) is -4.09. The Morgan fingerprint density at radius 1 is 1.10 bits per heavy atom. The summed E-state index contributed by atoms with van der Waals surface area (Å²) in [5.41, 5.74) is 0.135. The zero-order valence-electron chi connectivity index (χ0n) is 11.1. The summed E-state index contributed by atoms with van der Waals surface area (Å²) in [6.07, 6.45) is 1.58. The number of oxime groups is 2. The van der Waals surface area contributed by atoms with Crippen LogP contribution in [0.3, 0.4) is 0 Å². The Bertz CT molecular complexity index is 534. The Balaban J connectivity index is 0.00000400. The van der Waals surface area contributed by atoms with E-state index in [2.05, 4.69) is 15.1 Å². The van der Waals surface area contributed by atoms with Crippen LogP contribution in [0.4, 0.5) is 0 Å². The predicted molar refractivity (Wildman–Crippen MR) is 64.4 cm³/mol. The van der Waals surface area contributed by atoms with Gasteiger partial charge in [0.05, 0.1) is 18.4 Å². The van der Waals surface area contributed by atoms with E-state index in [9.17, 15) is 20.1 Å². The van der Waals surface area contributed by atoms with Crippen LogP contribution in [-0.2, 0) is 14.5 Å². The van der Waals surface area contributed by atoms with Gasteiger partial charge in [-0.1, -0.05) is 10.3 Å². The van der Waals surface area contributed by atoms with Crippen molar-refractivity contribution in [1.29, 1.82) is 0 Å². The molecule has 0 heterocycles. The molecule has 0 bridgehead atoms. The van der Waals surface area contributed by atoms with Gasteiger partial charge in [0.25, 0.3) is 0 Å². The fourth-order valence-electron chi connectivity index (χ4n) is 1.04. The molecular weight excluding hydrogens is 295 g/mol. The SMILES string of the molecule is O=C([O-])/C=N/OCCO/N=C/c1cc(O)c(O)cc1O.[Na+]. The van der Waals surface area contributed by atoms with Gasteiger partial charge in [-0.3, -0.25) is 0 Å². The molecule has 9 nitrogen and oxygen atoms in total. The quantitative estimate of drug-likeness (QED) is 0.116. The van der Waals surface area contributed by atoms with Gasteiger partial charge in [-0.25, -0.2) is 0 Å². The van der Waals surface area contributed by atoms with E-state index in [-0.39, 0.29) is 54.1 Å². The molecule has 1 rings (SSSR count). The average Bonchev–Trinajstić information content (AvgIpc) is 2.38. The van der Waals surface area contributed by atoms with Gasteiger partial charge < -0.3 is 34.9 Å². The summed E-state index contributed by atoms with van der Waals surface area (Å²) in [7, 11) is 0. The van der Waals surface area contributed by atoms with Crippen LogP contribution in [0.25, 0.3) is 0 Å². The van der Waals surface area contributed by atoms with Crippen LogP contribution >= 0.6 is 0 Å². The molecule has 0 saturated carbocycles. The zero-order chi connectivity index (χ0) is 15.0. The molecule has 21 heavy (non-hydrogen) atoms. The van der Waals surface area contributed by atoms with Gasteiger partial charge in [0, 0.05) is 11.6 Å². The molecule has 0 saturated heterocycles. The Hall–Kier alpha value is -1.97. The molecule has 3 N–H and O–H groups in total. The number of aromatic hydroxyl groups is 3. The first kappa shape index (κ1) is 19.0. The van der Waals surface area contributed by atoms with E-state index >= 15 is 0 Å². The van der Waals surface area contributed by atoms with E-state index in [4.69, 9.17) is 9.94 Å². The van der Waals surface area contributed by atoms with Crippen LogP contribution in [0.5, 0.6) is 17.2 Å². The largest absolute Gasteiger partial charge is 1.00 e. The van der Waals surface area contributed by atoms with E-state index < -0.39 is 17.5 Å². The fraction of sp³-hybridized carbons (Fsp3) is 0.182. The number of rotatable bonds is 7. The minimum atomic E-state index is -1.48. The number of phenolic OH excluding ortho intramolecular Hbond substituents is 3. The van der Waals surface area contributed by atoms with Gasteiger partial charge in [0.1, 0.15) is 5.75 Å². The van der Waals surface area contributed by atoms with Crippen molar-refractivity contribution in [2.24, 2.45) is 10.3 Å². The molecule has 0 spiro atoms. The van der Waals surface area contributed by atoms with Gasteiger partial charge in [0.2, 0.25) is 0 Å². The summed E-state index contributed by atoms with van der Waals surface area (Å²) in [5.74, 6) is -2.64. The smallest absolute Gasteiger partial charge is 0.544 e. The number of aliphatic carboxylic acids is 1. The van der Waals surface area contributed by atoms with Crippen molar-refractivity contribution in [2.75, 3.05) is 13.2 Å². The van der Waals surface area contributed by atoms with Crippen LogP contribution in [-0.4, -0.2) is 46.9 Å². The Labute approximate surface area is 141 Å². The second-order valence-electron chi connectivity index (χ2n) is 3.35. The molecule has 0 unspecified atom stereocenters. The zero-order valence-corrected chi connectivity index (χ0v) is 13.1. The molecule has 0 aliphatic rings. The molecule has 1 aromatic carbocycles. The van der Waals surface area contributed by atoms with Crippen molar-refractivity contribution in [3.8, 4) is 17.2 Å². The second-order valence-corrected chi connectivity index (χ2v) is 3.35. The standard InChI is InChI=1S/C11H12N2O7.Na/c14-8-4-10(16)9(15)3-7(8)5-12-19-1-2-20-13-6-11(17)18;/h3-6,14-16H,1-2H2,(H,17,18);/q;+1/p-1/b12-5+,13-6+;. The number of hydrogen-bond donors (Lipinski definition) is 3. The van der Waals surface area contributed by atoms with Gasteiger partial charge in [-0.2, -0.15) is 0 Å². The van der Waals surface area contributed by atoms with E-state index in [1.54, 1.807) is 0 Å². The van der Waals surface area contributed by atoms with E-state index in [0.29, 0.717) is 6.21 Å². The van der Waals surface area contributed by atoms with Crippen molar-refractivity contribution in [3.05, 3.63) is 17.7 Å². The summed E-state index contributed by atoms with van der Waals surface area (Å²) in [5, 5.41) is 44.2. The summed E-state index contributed by atoms with van der Waals surface area (Å²) in [6.45, 7) is -0.0698. The number of hydrogen-bond acceptors (Lipinski definition) is 9. The third-order valence-electron chi connectivity index (χ3n) is 1.89. The van der Waals surface area contributed by atoms with Crippen LogP contribution in [0.2, 0.25) is 0 Å². The number of benzene rings is 1. The molecule has 0 fully saturated rings. The molecule has 0 aliphatic heterocycles. The normalized spacial score (nSPS) is 10.5. The Morgan fingerprint density at radius 3 is 2.29 bits per heavy atom. The maximum absolute atomic E-state index is 9.92. The van der Waals surface area contributed by atoms with Crippen molar-refractivity contribution >= 4 is 18.4 Å². The second kappa shape index (κ2) is 9.86. The fourth-order valence-corrected chi connectivity index (χ4v) is 1.04. The maximum atomic E-state index is 9.92. The van der Waals surface area contributed by atoms with Crippen molar-refractivity contribution in [2.45, 2.75) is 0 Å². The van der Waals surface area contributed by atoms with Crippen molar-refractivity contribution in [3.63, 3.8) is 0 Å². The number of nitrogens with zero attached hydrogens (tertiary/aromatic N) is 2. The molecular formula is C11H11N2NaO7. The van der Waals surface area contributed by atoms with E-state index in [1.165, 1.54) is 0 Å². The van der Waals surface area contributed by atoms with Gasteiger partial charge >= 0.3 is 29.6 Å². The number of carbonyl (C=O) groups is 1. The summed E-state index contributed by atoms with van der Waals surface area (Å²) in [6, 6.07) is 2.05. The van der Waals surface area contributed by atoms with Gasteiger partial charge in [0.15, 0.2) is 24.7 Å². The van der Waals surface area contributed by atoms with Gasteiger partial charge in [-0.05, 0) is 6.07 Å². The molecule has 10 heteroatoms. The van der Waals surface area contributed by atoms with Crippen LogP contribution in [0, 0.1) is 0 Å². The molecule has 0 radical (unpaired) electrons. The minimum absolute atomic E-state index is 0. The molecule has 0 amide bonds. The first-order valence-corrected chi connectivity index (χ1v) is 5.27. The Kier molecular flexibility index (Phi) is 8.93. The first-order chi connectivity index (χ1) is 9.50. The average molecular weight is 306 g/mol. The van der Waals surface area contributed by atoms with Crippen LogP contribution in [0.15, 0.2) is 22.4 Å². The molecule has 0 atom stereocenters. The van der Waals surface area contributed by atoms with E-state index in [0.717, 1.165) is 18.3 Å². The van der Waals surface area contributed by atoms with Crippen LogP contribution in [0.1, 0.15) is 5.56 Å². The number of carbonyl (C=O) groups excluding carboxylic acids is 1. The number of carboxylic acids is 1. The first-order valence-electron chi connectivity index (χ1n) is 5.27. The van der Waals surface area contributed by atoms with Crippen LogP contribution < -0.4 is 34.7 Å². The van der Waals surface area contributed by atoms with Crippen molar-refractivity contribution < 1.29 is 64.5 Å². The number of carboxylic acid groups (broad SMARTS) is 1. The summed E-state index contributed by atoms with van der Waals surface area (Å²) >= 11 is 0. The minimum Gasteiger partial charge on any atom is -0.544 e. The summed E-state index contributed by atoms with van der Waals surface area (Å²) in [4.78, 5) is 19.1. The van der Waals surface area contributed by atoms with E-state index in [1.807, 2.05) is 0 Å². The third-order valence-corrected chi connectivity index (χ3v) is 1.89. The summed E-state index contributed by atoms with van der Waals surface area (Å²) < 4.78 is 0. The molecule has 108 valence electrons. The monoisotopic (exact) mass is 306 g/mol. The Morgan fingerprint density at radius 2 is 1.67 bits per heavy atom. The van der Waals surface area contributed by atoms with Gasteiger partial charge in [-0.15, -0.1) is 0 Å². The topological polar surface area (TPSA) is 144 Å². The molecule has 0 aliphatic carbocycles. The number of phenols is 3. The molecule has 0 aromatic heterocycles. The maximum Gasteiger partial charge on any atom is 1.00 e.